The molecule has 38 heavy (non-hydrogen) atoms. The Bertz CT molecular complexity index is 1320. The second-order valence-electron chi connectivity index (χ2n) is 11.5. The highest BCUT2D eigenvalue weighted by molar-refractivity contribution is 6.03. The third-order valence-electron chi connectivity index (χ3n) is 9.45. The van der Waals surface area contributed by atoms with E-state index in [9.17, 15) is 24.0 Å². The molecule has 0 unspecified atom stereocenters. The van der Waals surface area contributed by atoms with Crippen molar-refractivity contribution >= 4 is 29.3 Å². The molecule has 5 rings (SSSR count). The van der Waals surface area contributed by atoms with E-state index in [2.05, 4.69) is 0 Å². The maximum atomic E-state index is 14.0. The minimum absolute atomic E-state index is 0.0234. The van der Waals surface area contributed by atoms with Gasteiger partial charge in [0.2, 0.25) is 5.78 Å². The summed E-state index contributed by atoms with van der Waals surface area (Å²) in [7, 11) is 0. The number of allylic oxidation sites excluding steroid dienone is 6. The fourth-order valence-corrected chi connectivity index (χ4v) is 7.74. The molecule has 0 bridgehead atoms. The SMILES string of the molecule is CC(=O)OCC(=O)[C@]1(OC(=O)c2ccccc2)[C@H](C)C[C@H]2[C@@H]3C=CC4=CC(=O)C=C[C@]4(C)[C@H]3C(=O)C[C@@]21C. The van der Waals surface area contributed by atoms with Crippen LogP contribution < -0.4 is 0 Å². The average Bonchev–Trinajstić information content (AvgIpc) is 3.09. The van der Waals surface area contributed by atoms with Gasteiger partial charge in [-0.1, -0.05) is 57.2 Å². The van der Waals surface area contributed by atoms with Gasteiger partial charge in [-0.3, -0.25) is 19.2 Å². The van der Waals surface area contributed by atoms with Crippen LogP contribution in [0.2, 0.25) is 0 Å². The van der Waals surface area contributed by atoms with Crippen molar-refractivity contribution in [3.8, 4) is 0 Å². The quantitative estimate of drug-likeness (QED) is 0.540. The summed E-state index contributed by atoms with van der Waals surface area (Å²) in [5.41, 5.74) is -2.22. The number of hydrogen-bond acceptors (Lipinski definition) is 7. The zero-order chi connectivity index (χ0) is 27.5. The summed E-state index contributed by atoms with van der Waals surface area (Å²) < 4.78 is 11.3. The maximum Gasteiger partial charge on any atom is 0.339 e. The van der Waals surface area contributed by atoms with Gasteiger partial charge in [0.1, 0.15) is 5.78 Å². The Balaban J connectivity index is 1.61. The number of carbonyl (C=O) groups excluding carboxylic acids is 5. The summed E-state index contributed by atoms with van der Waals surface area (Å²) >= 11 is 0. The Labute approximate surface area is 221 Å². The van der Waals surface area contributed by atoms with Gasteiger partial charge in [-0.15, -0.1) is 0 Å². The van der Waals surface area contributed by atoms with Gasteiger partial charge in [-0.05, 0) is 48.1 Å². The number of ketones is 3. The largest absolute Gasteiger partial charge is 0.458 e. The van der Waals surface area contributed by atoms with Crippen molar-refractivity contribution in [3.63, 3.8) is 0 Å². The number of carbonyl (C=O) groups is 5. The molecule has 0 spiro atoms. The fraction of sp³-hybridized carbons (Fsp3) is 0.452. The van der Waals surface area contributed by atoms with Crippen LogP contribution >= 0.6 is 0 Å². The van der Waals surface area contributed by atoms with Gasteiger partial charge >= 0.3 is 11.9 Å². The van der Waals surface area contributed by atoms with E-state index >= 15 is 0 Å². The number of esters is 2. The lowest BCUT2D eigenvalue weighted by atomic mass is 9.48. The van der Waals surface area contributed by atoms with Gasteiger partial charge < -0.3 is 9.47 Å². The fourth-order valence-electron chi connectivity index (χ4n) is 7.74. The first kappa shape index (κ1) is 26.0. The monoisotopic (exact) mass is 516 g/mol. The van der Waals surface area contributed by atoms with E-state index in [1.54, 1.807) is 36.4 Å². The first-order chi connectivity index (χ1) is 17.9. The number of Topliss-reactive ketones (excluding diaryl/α,β-unsaturated/α-hetero) is 2. The Morgan fingerprint density at radius 2 is 1.76 bits per heavy atom. The van der Waals surface area contributed by atoms with E-state index in [0.29, 0.717) is 12.0 Å². The minimum Gasteiger partial charge on any atom is -0.458 e. The molecular weight excluding hydrogens is 484 g/mol. The highest BCUT2D eigenvalue weighted by atomic mass is 16.6. The van der Waals surface area contributed by atoms with E-state index < -0.39 is 52.6 Å². The highest BCUT2D eigenvalue weighted by Gasteiger charge is 2.72. The first-order valence-electron chi connectivity index (χ1n) is 13.1. The van der Waals surface area contributed by atoms with Crippen LogP contribution in [0.15, 0.2) is 66.3 Å². The van der Waals surface area contributed by atoms with Gasteiger partial charge in [0.25, 0.3) is 0 Å². The molecule has 198 valence electrons. The second-order valence-corrected chi connectivity index (χ2v) is 11.5. The molecule has 0 amide bonds. The number of rotatable bonds is 5. The number of benzene rings is 1. The molecule has 1 aromatic carbocycles. The molecule has 7 heteroatoms. The van der Waals surface area contributed by atoms with Crippen molar-refractivity contribution in [2.24, 2.45) is 34.5 Å². The third-order valence-corrected chi connectivity index (χ3v) is 9.45. The molecule has 0 heterocycles. The minimum atomic E-state index is -1.66. The predicted molar refractivity (Wildman–Crippen MR) is 138 cm³/mol. The lowest BCUT2D eigenvalue weighted by molar-refractivity contribution is -0.175. The molecule has 4 aliphatic carbocycles. The normalized spacial score (nSPS) is 37.0. The molecule has 7 atom stereocenters. The lowest BCUT2D eigenvalue weighted by Crippen LogP contribution is -2.63. The van der Waals surface area contributed by atoms with E-state index in [4.69, 9.17) is 9.47 Å². The molecule has 4 aliphatic rings. The van der Waals surface area contributed by atoms with Gasteiger partial charge in [0.05, 0.1) is 5.56 Å². The number of ether oxygens (including phenoxy) is 2. The zero-order valence-corrected chi connectivity index (χ0v) is 22.1. The summed E-state index contributed by atoms with van der Waals surface area (Å²) in [6.07, 6.45) is 9.41. The van der Waals surface area contributed by atoms with E-state index in [1.165, 1.54) is 13.0 Å². The number of fused-ring (bicyclic) bond motifs is 5. The smallest absolute Gasteiger partial charge is 0.339 e. The Hall–Kier alpha value is -3.61. The molecule has 0 radical (unpaired) electrons. The van der Waals surface area contributed by atoms with Crippen molar-refractivity contribution in [2.45, 2.75) is 46.1 Å². The van der Waals surface area contributed by atoms with Crippen LogP contribution in [-0.4, -0.2) is 41.5 Å². The highest BCUT2D eigenvalue weighted by Crippen LogP contribution is 2.67. The lowest BCUT2D eigenvalue weighted by Gasteiger charge is -2.55. The molecule has 2 saturated carbocycles. The van der Waals surface area contributed by atoms with Crippen LogP contribution in [0.4, 0.5) is 0 Å². The molecule has 7 nitrogen and oxygen atoms in total. The number of hydrogen-bond donors (Lipinski definition) is 0. The Morgan fingerprint density at radius 3 is 2.45 bits per heavy atom. The molecular formula is C31H32O7. The molecule has 0 aliphatic heterocycles. The van der Waals surface area contributed by atoms with Crippen LogP contribution in [0, 0.1) is 34.5 Å². The molecule has 0 aromatic heterocycles. The second kappa shape index (κ2) is 9.00. The van der Waals surface area contributed by atoms with E-state index in [1.807, 2.05) is 39.0 Å². The van der Waals surface area contributed by atoms with Gasteiger partial charge in [-0.2, -0.15) is 0 Å². The predicted octanol–water partition coefficient (Wildman–Crippen LogP) is 4.22. The molecule has 1 aromatic rings. The van der Waals surface area contributed by atoms with Crippen LogP contribution in [0.25, 0.3) is 0 Å². The third kappa shape index (κ3) is 3.66. The van der Waals surface area contributed by atoms with Gasteiger partial charge in [-0.25, -0.2) is 4.79 Å². The molecule has 0 N–H and O–H groups in total. The summed E-state index contributed by atoms with van der Waals surface area (Å²) in [5.74, 6) is -3.15. The summed E-state index contributed by atoms with van der Waals surface area (Å²) in [5, 5.41) is 0. The van der Waals surface area contributed by atoms with E-state index in [0.717, 1.165) is 5.57 Å². The standard InChI is InChI=1S/C31H32O7/c1-18-14-24-23-11-10-21-15-22(33)12-13-29(21,3)27(23)25(34)16-30(24,4)31(18,26(35)17-37-19(2)32)38-28(36)20-8-6-5-7-9-20/h5-13,15,18,23-24,27H,14,16-17H2,1-4H3/t18-,23+,24+,27-,29+,30+,31-/m1/s1. The maximum absolute atomic E-state index is 14.0. The summed E-state index contributed by atoms with van der Waals surface area (Å²) in [4.78, 5) is 65.1. The van der Waals surface area contributed by atoms with E-state index in [-0.39, 0.29) is 29.8 Å². The summed E-state index contributed by atoms with van der Waals surface area (Å²) in [6.45, 7) is 6.38. The Morgan fingerprint density at radius 1 is 1.05 bits per heavy atom. The Kier molecular flexibility index (Phi) is 6.16. The van der Waals surface area contributed by atoms with Gasteiger partial charge in [0, 0.05) is 36.0 Å². The first-order valence-corrected chi connectivity index (χ1v) is 13.1. The topological polar surface area (TPSA) is 104 Å². The van der Waals surface area contributed by atoms with Gasteiger partial charge in [0.15, 0.2) is 18.0 Å². The van der Waals surface area contributed by atoms with Crippen molar-refractivity contribution in [1.29, 1.82) is 0 Å². The van der Waals surface area contributed by atoms with Crippen LogP contribution in [0.5, 0.6) is 0 Å². The van der Waals surface area contributed by atoms with Crippen molar-refractivity contribution in [2.75, 3.05) is 6.61 Å². The van der Waals surface area contributed by atoms with Crippen molar-refractivity contribution in [3.05, 3.63) is 71.8 Å². The van der Waals surface area contributed by atoms with Crippen molar-refractivity contribution < 1.29 is 33.4 Å². The van der Waals surface area contributed by atoms with Crippen LogP contribution in [0.3, 0.4) is 0 Å². The van der Waals surface area contributed by atoms with Crippen LogP contribution in [-0.2, 0) is 28.7 Å². The van der Waals surface area contributed by atoms with Crippen LogP contribution in [0.1, 0.15) is 50.9 Å². The zero-order valence-electron chi connectivity index (χ0n) is 22.1. The average molecular weight is 517 g/mol. The summed E-state index contributed by atoms with van der Waals surface area (Å²) in [6, 6.07) is 8.43. The molecule has 0 saturated heterocycles. The van der Waals surface area contributed by atoms with Crippen molar-refractivity contribution in [1.82, 2.24) is 0 Å². The molecule has 2 fully saturated rings.